The van der Waals surface area contributed by atoms with Crippen LogP contribution in [0.1, 0.15) is 17.2 Å². The van der Waals surface area contributed by atoms with Crippen LogP contribution in [0.15, 0.2) is 54.9 Å². The first kappa shape index (κ1) is 14.7. The lowest BCUT2D eigenvalue weighted by molar-refractivity contribution is 0.109. The molecule has 1 fully saturated rings. The highest BCUT2D eigenvalue weighted by Crippen LogP contribution is 2.21. The number of nitrogens with zero attached hydrogens (tertiary/aromatic N) is 4. The van der Waals surface area contributed by atoms with E-state index < -0.39 is 0 Å². The van der Waals surface area contributed by atoms with Gasteiger partial charge in [-0.15, -0.1) is 0 Å². The van der Waals surface area contributed by atoms with Crippen molar-refractivity contribution >= 4 is 0 Å². The van der Waals surface area contributed by atoms with Gasteiger partial charge in [-0.05, 0) is 17.2 Å². The maximum Gasteiger partial charge on any atom is 0.123 e. The molecule has 2 heterocycles. The molecule has 1 aliphatic heterocycles. The Bertz CT molecular complexity index is 613. The van der Waals surface area contributed by atoms with Crippen LogP contribution in [-0.4, -0.2) is 41.0 Å². The van der Waals surface area contributed by atoms with Crippen LogP contribution in [0.25, 0.3) is 0 Å². The fourth-order valence-corrected chi connectivity index (χ4v) is 2.93. The molecule has 0 spiro atoms. The molecular formula is C18H20N4. The standard InChI is InChI=1S/C18H20N4/c19-13-18(17-6-2-1-3-7-17)22-11-9-21(10-12-22)15-16-5-4-8-20-14-16/h1-8,14,18H,9-12,15H2. The quantitative estimate of drug-likeness (QED) is 0.868. The van der Waals surface area contributed by atoms with Crippen LogP contribution in [0.5, 0.6) is 0 Å². The van der Waals surface area contributed by atoms with Crippen molar-refractivity contribution in [1.82, 2.24) is 14.8 Å². The molecule has 1 atom stereocenters. The monoisotopic (exact) mass is 292 g/mol. The Morgan fingerprint density at radius 2 is 1.82 bits per heavy atom. The zero-order chi connectivity index (χ0) is 15.2. The molecule has 1 saturated heterocycles. The summed E-state index contributed by atoms with van der Waals surface area (Å²) in [5, 5.41) is 9.52. The van der Waals surface area contributed by atoms with Gasteiger partial charge in [-0.25, -0.2) is 0 Å². The lowest BCUT2D eigenvalue weighted by Gasteiger charge is -2.37. The van der Waals surface area contributed by atoms with Crippen molar-refractivity contribution in [2.75, 3.05) is 26.2 Å². The molecular weight excluding hydrogens is 272 g/mol. The molecule has 1 aliphatic rings. The fraction of sp³-hybridized carbons (Fsp3) is 0.333. The zero-order valence-electron chi connectivity index (χ0n) is 12.6. The maximum absolute atomic E-state index is 9.52. The first-order chi connectivity index (χ1) is 10.9. The van der Waals surface area contributed by atoms with Gasteiger partial charge in [-0.2, -0.15) is 5.26 Å². The van der Waals surface area contributed by atoms with Crippen molar-refractivity contribution in [3.63, 3.8) is 0 Å². The fourth-order valence-electron chi connectivity index (χ4n) is 2.93. The Morgan fingerprint density at radius 3 is 2.45 bits per heavy atom. The summed E-state index contributed by atoms with van der Waals surface area (Å²) in [7, 11) is 0. The molecule has 0 aliphatic carbocycles. The van der Waals surface area contributed by atoms with Gasteiger partial charge in [-0.1, -0.05) is 36.4 Å². The van der Waals surface area contributed by atoms with E-state index in [2.05, 4.69) is 26.9 Å². The average Bonchev–Trinajstić information content (AvgIpc) is 2.59. The van der Waals surface area contributed by atoms with Crippen molar-refractivity contribution in [1.29, 1.82) is 5.26 Å². The molecule has 4 heteroatoms. The molecule has 1 unspecified atom stereocenters. The summed E-state index contributed by atoms with van der Waals surface area (Å²) >= 11 is 0. The van der Waals surface area contributed by atoms with Gasteiger partial charge < -0.3 is 0 Å². The van der Waals surface area contributed by atoms with Gasteiger partial charge in [0.25, 0.3) is 0 Å². The minimum absolute atomic E-state index is 0.137. The summed E-state index contributed by atoms with van der Waals surface area (Å²) in [5.74, 6) is 0. The zero-order valence-corrected chi connectivity index (χ0v) is 12.6. The second-order valence-electron chi connectivity index (χ2n) is 5.62. The Hall–Kier alpha value is -2.22. The number of pyridine rings is 1. The van der Waals surface area contributed by atoms with Gasteiger partial charge in [-0.3, -0.25) is 14.8 Å². The predicted octanol–water partition coefficient (Wildman–Crippen LogP) is 2.46. The van der Waals surface area contributed by atoms with E-state index >= 15 is 0 Å². The third kappa shape index (κ3) is 3.51. The molecule has 112 valence electrons. The molecule has 1 aromatic heterocycles. The summed E-state index contributed by atoms with van der Waals surface area (Å²) in [6, 6.07) is 16.5. The van der Waals surface area contributed by atoms with Gasteiger partial charge in [0.1, 0.15) is 6.04 Å². The molecule has 4 nitrogen and oxygen atoms in total. The van der Waals surface area contributed by atoms with E-state index in [0.717, 1.165) is 38.3 Å². The molecule has 3 rings (SSSR count). The highest BCUT2D eigenvalue weighted by molar-refractivity contribution is 5.24. The number of hydrogen-bond donors (Lipinski definition) is 0. The summed E-state index contributed by atoms with van der Waals surface area (Å²) < 4.78 is 0. The van der Waals surface area contributed by atoms with Crippen LogP contribution in [0.4, 0.5) is 0 Å². The number of benzene rings is 1. The highest BCUT2D eigenvalue weighted by Gasteiger charge is 2.24. The topological polar surface area (TPSA) is 43.2 Å². The predicted molar refractivity (Wildman–Crippen MR) is 85.9 cm³/mol. The van der Waals surface area contributed by atoms with Gasteiger partial charge in [0.15, 0.2) is 0 Å². The summed E-state index contributed by atoms with van der Waals surface area (Å²) in [5.41, 5.74) is 2.33. The van der Waals surface area contributed by atoms with Crippen molar-refractivity contribution in [3.8, 4) is 6.07 Å². The number of piperazine rings is 1. The highest BCUT2D eigenvalue weighted by atomic mass is 15.3. The van der Waals surface area contributed by atoms with Crippen molar-refractivity contribution in [2.45, 2.75) is 12.6 Å². The van der Waals surface area contributed by atoms with E-state index in [-0.39, 0.29) is 6.04 Å². The van der Waals surface area contributed by atoms with Crippen LogP contribution in [-0.2, 0) is 6.54 Å². The van der Waals surface area contributed by atoms with E-state index in [1.165, 1.54) is 5.56 Å². The van der Waals surface area contributed by atoms with Crippen LogP contribution in [0, 0.1) is 11.3 Å². The molecule has 0 N–H and O–H groups in total. The van der Waals surface area contributed by atoms with Gasteiger partial charge in [0.05, 0.1) is 6.07 Å². The molecule has 2 aromatic rings. The van der Waals surface area contributed by atoms with E-state index in [1.54, 1.807) is 6.20 Å². The minimum atomic E-state index is -0.137. The molecule has 0 radical (unpaired) electrons. The molecule has 0 bridgehead atoms. The Kier molecular flexibility index (Phi) is 4.79. The Morgan fingerprint density at radius 1 is 1.05 bits per heavy atom. The van der Waals surface area contributed by atoms with Crippen LogP contribution < -0.4 is 0 Å². The Balaban J connectivity index is 1.58. The maximum atomic E-state index is 9.52. The van der Waals surface area contributed by atoms with E-state index in [0.29, 0.717) is 0 Å². The van der Waals surface area contributed by atoms with Crippen LogP contribution in [0.3, 0.4) is 0 Å². The van der Waals surface area contributed by atoms with Crippen LogP contribution >= 0.6 is 0 Å². The average molecular weight is 292 g/mol. The van der Waals surface area contributed by atoms with Gasteiger partial charge in [0.2, 0.25) is 0 Å². The summed E-state index contributed by atoms with van der Waals surface area (Å²) in [6.07, 6.45) is 3.73. The van der Waals surface area contributed by atoms with E-state index in [1.807, 2.05) is 42.6 Å². The van der Waals surface area contributed by atoms with Crippen molar-refractivity contribution in [2.24, 2.45) is 0 Å². The normalized spacial score (nSPS) is 17.8. The number of aromatic nitrogens is 1. The minimum Gasteiger partial charge on any atom is -0.296 e. The molecule has 22 heavy (non-hydrogen) atoms. The first-order valence-electron chi connectivity index (χ1n) is 7.66. The van der Waals surface area contributed by atoms with E-state index in [4.69, 9.17) is 0 Å². The SMILES string of the molecule is N#CC(c1ccccc1)N1CCN(Cc2cccnc2)CC1. The van der Waals surface area contributed by atoms with E-state index in [9.17, 15) is 5.26 Å². The van der Waals surface area contributed by atoms with Crippen LogP contribution in [0.2, 0.25) is 0 Å². The van der Waals surface area contributed by atoms with Gasteiger partial charge >= 0.3 is 0 Å². The van der Waals surface area contributed by atoms with Gasteiger partial charge in [0, 0.05) is 45.1 Å². The number of hydrogen-bond acceptors (Lipinski definition) is 4. The Labute approximate surface area is 131 Å². The third-order valence-electron chi connectivity index (χ3n) is 4.14. The largest absolute Gasteiger partial charge is 0.296 e. The molecule has 0 saturated carbocycles. The number of nitriles is 1. The summed E-state index contributed by atoms with van der Waals surface area (Å²) in [6.45, 7) is 4.75. The first-order valence-corrected chi connectivity index (χ1v) is 7.66. The second-order valence-corrected chi connectivity index (χ2v) is 5.62. The van der Waals surface area contributed by atoms with Crippen molar-refractivity contribution < 1.29 is 0 Å². The second kappa shape index (κ2) is 7.17. The lowest BCUT2D eigenvalue weighted by Crippen LogP contribution is -2.46. The summed E-state index contributed by atoms with van der Waals surface area (Å²) in [4.78, 5) is 8.86. The number of rotatable bonds is 4. The third-order valence-corrected chi connectivity index (χ3v) is 4.14. The molecule has 1 aromatic carbocycles. The molecule has 0 amide bonds. The lowest BCUT2D eigenvalue weighted by atomic mass is 10.1. The smallest absolute Gasteiger partial charge is 0.123 e. The van der Waals surface area contributed by atoms with Crippen molar-refractivity contribution in [3.05, 3.63) is 66.0 Å².